The predicted molar refractivity (Wildman–Crippen MR) is 191 cm³/mol. The summed E-state index contributed by atoms with van der Waals surface area (Å²) < 4.78 is 2.21. The Morgan fingerprint density at radius 1 is 0.667 bits per heavy atom. The first-order chi connectivity index (χ1) is 23.7. The van der Waals surface area contributed by atoms with E-state index >= 15 is 0 Å². The predicted octanol–water partition coefficient (Wildman–Crippen LogP) is 8.98. The molecule has 0 fully saturated rings. The van der Waals surface area contributed by atoms with Crippen molar-refractivity contribution in [2.75, 3.05) is 11.4 Å². The summed E-state index contributed by atoms with van der Waals surface area (Å²) in [7, 11) is 0. The SMILES string of the molecule is N#Cc1ccc2c(c1)c1ccccc1n2-c1cc(-c2ccccc2-c2ccccc2C#N)cc(N2c3ccccc3C3C=CNCC32)n1. The number of anilines is 2. The van der Waals surface area contributed by atoms with E-state index < -0.39 is 0 Å². The Morgan fingerprint density at radius 3 is 2.27 bits per heavy atom. The number of nitrogens with zero attached hydrogens (tertiary/aromatic N) is 5. The van der Waals surface area contributed by atoms with Gasteiger partial charge >= 0.3 is 0 Å². The highest BCUT2D eigenvalue weighted by molar-refractivity contribution is 6.09. The van der Waals surface area contributed by atoms with Gasteiger partial charge in [0, 0.05) is 34.5 Å². The van der Waals surface area contributed by atoms with E-state index in [0.717, 1.165) is 67.9 Å². The van der Waals surface area contributed by atoms with E-state index in [1.54, 1.807) is 0 Å². The minimum atomic E-state index is 0.147. The van der Waals surface area contributed by atoms with Crippen molar-refractivity contribution in [2.24, 2.45) is 0 Å². The van der Waals surface area contributed by atoms with Gasteiger partial charge in [-0.05, 0) is 77.0 Å². The summed E-state index contributed by atoms with van der Waals surface area (Å²) >= 11 is 0. The van der Waals surface area contributed by atoms with E-state index in [-0.39, 0.29) is 12.0 Å². The van der Waals surface area contributed by atoms with Gasteiger partial charge < -0.3 is 10.2 Å². The van der Waals surface area contributed by atoms with Crippen LogP contribution in [0.2, 0.25) is 0 Å². The molecular weight excluding hydrogens is 589 g/mol. The molecule has 2 aliphatic heterocycles. The molecule has 9 rings (SSSR count). The Morgan fingerprint density at radius 2 is 1.40 bits per heavy atom. The average molecular weight is 617 g/mol. The number of aromatic nitrogens is 2. The molecule has 0 radical (unpaired) electrons. The number of para-hydroxylation sites is 2. The van der Waals surface area contributed by atoms with Crippen molar-refractivity contribution in [1.29, 1.82) is 10.5 Å². The van der Waals surface area contributed by atoms with Crippen LogP contribution in [0.4, 0.5) is 11.5 Å². The minimum absolute atomic E-state index is 0.147. The van der Waals surface area contributed by atoms with Gasteiger partial charge in [0.1, 0.15) is 11.6 Å². The maximum Gasteiger partial charge on any atom is 0.140 e. The molecule has 4 heterocycles. The van der Waals surface area contributed by atoms with Gasteiger partial charge in [0.2, 0.25) is 0 Å². The smallest absolute Gasteiger partial charge is 0.140 e. The molecule has 0 aliphatic carbocycles. The molecule has 5 aromatic carbocycles. The zero-order valence-electron chi connectivity index (χ0n) is 25.9. The summed E-state index contributed by atoms with van der Waals surface area (Å²) in [4.78, 5) is 7.86. The second kappa shape index (κ2) is 11.0. The molecule has 2 unspecified atom stereocenters. The second-order valence-corrected chi connectivity index (χ2v) is 12.3. The third-order valence-corrected chi connectivity index (χ3v) is 9.70. The van der Waals surface area contributed by atoms with Crippen molar-refractivity contribution in [2.45, 2.75) is 12.0 Å². The molecule has 0 bridgehead atoms. The maximum atomic E-state index is 10.0. The molecule has 48 heavy (non-hydrogen) atoms. The highest BCUT2D eigenvalue weighted by Crippen LogP contribution is 2.47. The zero-order chi connectivity index (χ0) is 32.2. The molecule has 2 aliphatic rings. The lowest BCUT2D eigenvalue weighted by atomic mass is 9.92. The number of nitriles is 2. The normalized spacial score (nSPS) is 16.2. The number of benzene rings is 5. The standard InChI is InChI=1S/C42H28N6/c43-24-27-17-18-39-36(21-27)34-14-6-8-16-38(34)47(39)41-22-29(31-11-3-4-12-32(31)30-10-2-1-9-28(30)25-44)23-42(46-41)48-37-15-7-5-13-33(37)35-19-20-45-26-40(35)48/h1-23,35,40,45H,26H2. The molecule has 1 N–H and O–H groups in total. The Kier molecular flexibility index (Phi) is 6.35. The molecule has 0 saturated heterocycles. The maximum absolute atomic E-state index is 10.0. The number of hydrogen-bond donors (Lipinski definition) is 1. The van der Waals surface area contributed by atoms with Crippen molar-refractivity contribution in [3.63, 3.8) is 0 Å². The summed E-state index contributed by atoms with van der Waals surface area (Å²) in [6, 6.07) is 48.0. The van der Waals surface area contributed by atoms with E-state index in [2.05, 4.69) is 106 Å². The molecule has 7 aromatic rings. The van der Waals surface area contributed by atoms with Crippen LogP contribution in [0.15, 0.2) is 140 Å². The molecule has 2 atom stereocenters. The summed E-state index contributed by atoms with van der Waals surface area (Å²) in [5, 5.41) is 25.3. The fraction of sp³-hybridized carbons (Fsp3) is 0.0714. The van der Waals surface area contributed by atoms with E-state index in [1.807, 2.05) is 60.7 Å². The van der Waals surface area contributed by atoms with Gasteiger partial charge in [0.25, 0.3) is 0 Å². The number of fused-ring (bicyclic) bond motifs is 6. The van der Waals surface area contributed by atoms with E-state index in [0.29, 0.717) is 11.1 Å². The Labute approximate surface area is 278 Å². The summed E-state index contributed by atoms with van der Waals surface area (Å²) in [6.45, 7) is 0.787. The summed E-state index contributed by atoms with van der Waals surface area (Å²) in [5.41, 5.74) is 9.59. The van der Waals surface area contributed by atoms with E-state index in [9.17, 15) is 10.5 Å². The fourth-order valence-corrected chi connectivity index (χ4v) is 7.61. The topological polar surface area (TPSA) is 80.7 Å². The quantitative estimate of drug-likeness (QED) is 0.214. The van der Waals surface area contributed by atoms with Gasteiger partial charge in [0.15, 0.2) is 0 Å². The van der Waals surface area contributed by atoms with Gasteiger partial charge in [-0.15, -0.1) is 0 Å². The minimum Gasteiger partial charge on any atom is -0.389 e. The number of pyridine rings is 1. The second-order valence-electron chi connectivity index (χ2n) is 12.3. The lowest BCUT2D eigenvalue weighted by molar-refractivity contribution is 0.572. The third-order valence-electron chi connectivity index (χ3n) is 9.70. The molecule has 0 saturated carbocycles. The molecule has 6 nitrogen and oxygen atoms in total. The third kappa shape index (κ3) is 4.21. The fourth-order valence-electron chi connectivity index (χ4n) is 7.61. The van der Waals surface area contributed by atoms with Crippen LogP contribution < -0.4 is 10.2 Å². The van der Waals surface area contributed by atoms with Crippen molar-refractivity contribution < 1.29 is 0 Å². The number of rotatable bonds is 4. The van der Waals surface area contributed by atoms with Crippen molar-refractivity contribution in [1.82, 2.24) is 14.9 Å². The van der Waals surface area contributed by atoms with Crippen LogP contribution in [-0.4, -0.2) is 22.1 Å². The van der Waals surface area contributed by atoms with Crippen LogP contribution >= 0.6 is 0 Å². The average Bonchev–Trinajstić information content (AvgIpc) is 3.67. The van der Waals surface area contributed by atoms with Crippen LogP contribution in [0.25, 0.3) is 49.9 Å². The van der Waals surface area contributed by atoms with Gasteiger partial charge in [-0.2, -0.15) is 10.5 Å². The first-order valence-corrected chi connectivity index (χ1v) is 16.1. The van der Waals surface area contributed by atoms with Gasteiger partial charge in [-0.25, -0.2) is 4.98 Å². The number of nitrogens with one attached hydrogen (secondary N) is 1. The Balaban J connectivity index is 1.35. The molecular formula is C42H28N6. The van der Waals surface area contributed by atoms with Gasteiger partial charge in [0.05, 0.1) is 40.3 Å². The molecule has 6 heteroatoms. The van der Waals surface area contributed by atoms with Crippen molar-refractivity contribution in [3.05, 3.63) is 156 Å². The van der Waals surface area contributed by atoms with Crippen molar-refractivity contribution in [3.8, 4) is 40.2 Å². The Hall–Kier alpha value is -6.63. The monoisotopic (exact) mass is 616 g/mol. The molecule has 0 spiro atoms. The highest BCUT2D eigenvalue weighted by Gasteiger charge is 2.39. The molecule has 0 amide bonds. The summed E-state index contributed by atoms with van der Waals surface area (Å²) in [6.07, 6.45) is 4.32. The van der Waals surface area contributed by atoms with E-state index in [1.165, 1.54) is 5.56 Å². The van der Waals surface area contributed by atoms with Crippen LogP contribution in [0.3, 0.4) is 0 Å². The van der Waals surface area contributed by atoms with Crippen LogP contribution in [0.5, 0.6) is 0 Å². The largest absolute Gasteiger partial charge is 0.389 e. The van der Waals surface area contributed by atoms with E-state index in [4.69, 9.17) is 4.98 Å². The first-order valence-electron chi connectivity index (χ1n) is 16.1. The lowest BCUT2D eigenvalue weighted by Gasteiger charge is -2.31. The van der Waals surface area contributed by atoms with Crippen LogP contribution in [0.1, 0.15) is 22.6 Å². The lowest BCUT2D eigenvalue weighted by Crippen LogP contribution is -2.40. The first kappa shape index (κ1) is 27.7. The summed E-state index contributed by atoms with van der Waals surface area (Å²) in [5.74, 6) is 1.87. The number of hydrogen-bond acceptors (Lipinski definition) is 5. The molecule has 226 valence electrons. The zero-order valence-corrected chi connectivity index (χ0v) is 25.9. The van der Waals surface area contributed by atoms with Crippen molar-refractivity contribution >= 4 is 33.3 Å². The molecule has 2 aromatic heterocycles. The van der Waals surface area contributed by atoms with Gasteiger partial charge in [-0.1, -0.05) is 84.9 Å². The van der Waals surface area contributed by atoms with Crippen LogP contribution in [-0.2, 0) is 0 Å². The van der Waals surface area contributed by atoms with Gasteiger partial charge in [-0.3, -0.25) is 4.57 Å². The Bertz CT molecular complexity index is 2530. The van der Waals surface area contributed by atoms with Crippen LogP contribution in [0, 0.1) is 22.7 Å². The highest BCUT2D eigenvalue weighted by atomic mass is 15.3.